The Balaban J connectivity index is 1.95. The monoisotopic (exact) mass is 204 g/mol. The number of nitrogens with zero attached hydrogens (tertiary/aromatic N) is 1. The number of amides is 1. The highest BCUT2D eigenvalue weighted by atomic mass is 16.2. The van der Waals surface area contributed by atoms with Crippen molar-refractivity contribution in [2.24, 2.45) is 11.8 Å². The van der Waals surface area contributed by atoms with Crippen LogP contribution in [0.15, 0.2) is 30.3 Å². The second-order valence-corrected chi connectivity index (χ2v) is 4.12. The van der Waals surface area contributed by atoms with Crippen molar-refractivity contribution in [2.75, 3.05) is 6.54 Å². The Hall–Kier alpha value is -1.35. The minimum atomic E-state index is -0.0810. The van der Waals surface area contributed by atoms with Crippen molar-refractivity contribution in [1.82, 2.24) is 5.01 Å². The molecule has 1 fully saturated rings. The lowest BCUT2D eigenvalue weighted by atomic mass is 9.85. The molecule has 1 amide bonds. The molecule has 0 radical (unpaired) electrons. The predicted octanol–water partition coefficient (Wildman–Crippen LogP) is 1.80. The fourth-order valence-electron chi connectivity index (χ4n) is 1.78. The molecule has 1 aromatic rings. The van der Waals surface area contributed by atoms with Gasteiger partial charge in [-0.1, -0.05) is 24.6 Å². The van der Waals surface area contributed by atoms with Crippen LogP contribution < -0.4 is 5.84 Å². The summed E-state index contributed by atoms with van der Waals surface area (Å²) in [5, 5.41) is 1.35. The largest absolute Gasteiger partial charge is 0.276 e. The number of rotatable bonds is 3. The van der Waals surface area contributed by atoms with Crippen LogP contribution in [0, 0.1) is 5.92 Å². The van der Waals surface area contributed by atoms with E-state index in [4.69, 9.17) is 5.84 Å². The molecule has 0 unspecified atom stereocenters. The van der Waals surface area contributed by atoms with Crippen molar-refractivity contribution in [1.29, 1.82) is 0 Å². The first-order valence-corrected chi connectivity index (χ1v) is 5.39. The van der Waals surface area contributed by atoms with E-state index in [2.05, 4.69) is 0 Å². The number of carbonyl (C=O) groups is 1. The molecule has 0 atom stereocenters. The van der Waals surface area contributed by atoms with Gasteiger partial charge in [0.2, 0.25) is 0 Å². The number of hydrogen-bond donors (Lipinski definition) is 1. The summed E-state index contributed by atoms with van der Waals surface area (Å²) >= 11 is 0. The van der Waals surface area contributed by atoms with E-state index in [-0.39, 0.29) is 5.91 Å². The smallest absolute Gasteiger partial charge is 0.267 e. The molecule has 3 heteroatoms. The first-order valence-electron chi connectivity index (χ1n) is 5.39. The third-order valence-electron chi connectivity index (χ3n) is 2.96. The van der Waals surface area contributed by atoms with Crippen molar-refractivity contribution in [3.63, 3.8) is 0 Å². The second kappa shape index (κ2) is 4.45. The van der Waals surface area contributed by atoms with E-state index in [0.717, 1.165) is 0 Å². The zero-order valence-corrected chi connectivity index (χ0v) is 8.73. The topological polar surface area (TPSA) is 46.3 Å². The summed E-state index contributed by atoms with van der Waals surface area (Å²) in [6, 6.07) is 9.18. The molecule has 1 saturated carbocycles. The molecule has 1 aromatic carbocycles. The maximum Gasteiger partial charge on any atom is 0.267 e. The molecule has 15 heavy (non-hydrogen) atoms. The van der Waals surface area contributed by atoms with Gasteiger partial charge in [0.25, 0.3) is 5.91 Å². The third kappa shape index (κ3) is 2.36. The van der Waals surface area contributed by atoms with Gasteiger partial charge in [-0.2, -0.15) is 0 Å². The van der Waals surface area contributed by atoms with Gasteiger partial charge in [-0.05, 0) is 30.9 Å². The summed E-state index contributed by atoms with van der Waals surface area (Å²) in [5.74, 6) is 6.28. The predicted molar refractivity (Wildman–Crippen MR) is 59.0 cm³/mol. The summed E-state index contributed by atoms with van der Waals surface area (Å²) in [5.41, 5.74) is 0.666. The van der Waals surface area contributed by atoms with E-state index in [0.29, 0.717) is 18.0 Å². The number of nitrogens with two attached hydrogens (primary N) is 1. The molecule has 1 aliphatic carbocycles. The van der Waals surface area contributed by atoms with Gasteiger partial charge in [-0.15, -0.1) is 0 Å². The van der Waals surface area contributed by atoms with E-state index >= 15 is 0 Å². The average Bonchev–Trinajstić information content (AvgIpc) is 2.23. The van der Waals surface area contributed by atoms with Crippen LogP contribution in [0.3, 0.4) is 0 Å². The Morgan fingerprint density at radius 1 is 1.33 bits per heavy atom. The first-order chi connectivity index (χ1) is 7.27. The molecule has 3 nitrogen and oxygen atoms in total. The van der Waals surface area contributed by atoms with E-state index < -0.39 is 0 Å². The average molecular weight is 204 g/mol. The zero-order valence-electron chi connectivity index (χ0n) is 8.73. The second-order valence-electron chi connectivity index (χ2n) is 4.12. The van der Waals surface area contributed by atoms with E-state index in [1.165, 1.54) is 24.3 Å². The van der Waals surface area contributed by atoms with Crippen LogP contribution in [0.25, 0.3) is 0 Å². The Labute approximate surface area is 89.8 Å². The molecule has 0 aromatic heterocycles. The van der Waals surface area contributed by atoms with Crippen molar-refractivity contribution in [2.45, 2.75) is 19.3 Å². The molecule has 80 valence electrons. The van der Waals surface area contributed by atoms with Crippen LogP contribution in [0.4, 0.5) is 0 Å². The van der Waals surface area contributed by atoms with Crippen LogP contribution >= 0.6 is 0 Å². The van der Waals surface area contributed by atoms with Gasteiger partial charge in [0, 0.05) is 12.1 Å². The Morgan fingerprint density at radius 2 is 2.00 bits per heavy atom. The minimum Gasteiger partial charge on any atom is -0.276 e. The zero-order chi connectivity index (χ0) is 10.7. The van der Waals surface area contributed by atoms with E-state index in [1.807, 2.05) is 18.2 Å². The fourth-order valence-corrected chi connectivity index (χ4v) is 1.78. The molecule has 2 N–H and O–H groups in total. The summed E-state index contributed by atoms with van der Waals surface area (Å²) in [6.07, 6.45) is 3.68. The van der Waals surface area contributed by atoms with Crippen LogP contribution in [-0.4, -0.2) is 17.5 Å². The molecular formula is C12H16N2O. The van der Waals surface area contributed by atoms with E-state index in [1.54, 1.807) is 12.1 Å². The molecule has 0 bridgehead atoms. The Kier molecular flexibility index (Phi) is 3.02. The number of carbonyl (C=O) groups excluding carboxylic acids is 1. The number of hydrogen-bond acceptors (Lipinski definition) is 2. The summed E-state index contributed by atoms with van der Waals surface area (Å²) in [4.78, 5) is 11.8. The highest BCUT2D eigenvalue weighted by molar-refractivity contribution is 5.93. The van der Waals surface area contributed by atoms with Crippen LogP contribution in [-0.2, 0) is 0 Å². The first kappa shape index (κ1) is 10.2. The Morgan fingerprint density at radius 3 is 2.53 bits per heavy atom. The van der Waals surface area contributed by atoms with Gasteiger partial charge >= 0.3 is 0 Å². The van der Waals surface area contributed by atoms with Gasteiger partial charge in [0.1, 0.15) is 0 Å². The summed E-state index contributed by atoms with van der Waals surface area (Å²) in [7, 11) is 0. The summed E-state index contributed by atoms with van der Waals surface area (Å²) < 4.78 is 0. The highest BCUT2D eigenvalue weighted by Crippen LogP contribution is 2.26. The third-order valence-corrected chi connectivity index (χ3v) is 2.96. The van der Waals surface area contributed by atoms with Crippen molar-refractivity contribution >= 4 is 5.91 Å². The number of hydrazine groups is 1. The standard InChI is InChI=1S/C12H16N2O/c13-14(9-10-5-4-6-10)12(15)11-7-2-1-3-8-11/h1-3,7-8,10H,4-6,9,13H2. The van der Waals surface area contributed by atoms with Gasteiger partial charge < -0.3 is 0 Å². The van der Waals surface area contributed by atoms with Crippen molar-refractivity contribution in [3.05, 3.63) is 35.9 Å². The van der Waals surface area contributed by atoms with Crippen molar-refractivity contribution in [3.8, 4) is 0 Å². The lowest BCUT2D eigenvalue weighted by molar-refractivity contribution is 0.0695. The van der Waals surface area contributed by atoms with Crippen LogP contribution in [0.5, 0.6) is 0 Å². The van der Waals surface area contributed by atoms with Gasteiger partial charge in [0.15, 0.2) is 0 Å². The lowest BCUT2D eigenvalue weighted by Gasteiger charge is -2.29. The van der Waals surface area contributed by atoms with Gasteiger partial charge in [0.05, 0.1) is 0 Å². The Bertz CT molecular complexity index is 333. The maximum absolute atomic E-state index is 11.8. The molecule has 0 spiro atoms. The quantitative estimate of drug-likeness (QED) is 0.463. The van der Waals surface area contributed by atoms with Crippen LogP contribution in [0.1, 0.15) is 29.6 Å². The van der Waals surface area contributed by atoms with Crippen molar-refractivity contribution < 1.29 is 4.79 Å². The molecular weight excluding hydrogens is 188 g/mol. The maximum atomic E-state index is 11.8. The van der Waals surface area contributed by atoms with Crippen LogP contribution in [0.2, 0.25) is 0 Å². The molecule has 0 aliphatic heterocycles. The number of benzene rings is 1. The van der Waals surface area contributed by atoms with Gasteiger partial charge in [-0.25, -0.2) is 5.84 Å². The fraction of sp³-hybridized carbons (Fsp3) is 0.417. The summed E-state index contributed by atoms with van der Waals surface area (Å²) in [6.45, 7) is 0.688. The van der Waals surface area contributed by atoms with Gasteiger partial charge in [-0.3, -0.25) is 9.80 Å². The SMILES string of the molecule is NN(CC1CCC1)C(=O)c1ccccc1. The van der Waals surface area contributed by atoms with E-state index in [9.17, 15) is 4.79 Å². The highest BCUT2D eigenvalue weighted by Gasteiger charge is 2.22. The minimum absolute atomic E-state index is 0.0810. The normalized spacial score (nSPS) is 15.8. The molecule has 0 saturated heterocycles. The molecule has 2 rings (SSSR count). The molecule has 0 heterocycles. The lowest BCUT2D eigenvalue weighted by Crippen LogP contribution is -2.42. The molecule has 1 aliphatic rings.